The molecule has 14 heteroatoms. The number of carbonyl (C=O) groups is 5. The second kappa shape index (κ2) is 16.3. The maximum Gasteiger partial charge on any atom is 0.408 e. The van der Waals surface area contributed by atoms with E-state index in [4.69, 9.17) is 18.9 Å². The van der Waals surface area contributed by atoms with Crippen LogP contribution in [0.15, 0.2) is 42.5 Å². The van der Waals surface area contributed by atoms with Crippen molar-refractivity contribution in [2.45, 2.75) is 76.7 Å². The summed E-state index contributed by atoms with van der Waals surface area (Å²) in [5, 5.41) is 27.4. The van der Waals surface area contributed by atoms with Gasteiger partial charge in [0.05, 0.1) is 13.7 Å². The van der Waals surface area contributed by atoms with Gasteiger partial charge in [0.15, 0.2) is 0 Å². The zero-order chi connectivity index (χ0) is 33.9. The number of alkyl carbamates (subject to hydrolysis) is 1. The van der Waals surface area contributed by atoms with Crippen LogP contribution in [-0.4, -0.2) is 84.1 Å². The Labute approximate surface area is 266 Å². The molecular weight excluding hydrogens is 602 g/mol. The fourth-order valence-electron chi connectivity index (χ4n) is 4.15. The highest BCUT2D eigenvalue weighted by Gasteiger charge is 2.33. The minimum absolute atomic E-state index is 0.0276. The van der Waals surface area contributed by atoms with Gasteiger partial charge < -0.3 is 45.1 Å². The number of ether oxygens (including phenoxy) is 4. The molecular formula is C32H41N3O11. The minimum atomic E-state index is -1.71. The van der Waals surface area contributed by atoms with E-state index in [1.165, 1.54) is 37.4 Å². The topological polar surface area (TPSA) is 199 Å². The predicted molar refractivity (Wildman–Crippen MR) is 164 cm³/mol. The lowest BCUT2D eigenvalue weighted by Gasteiger charge is -2.23. The molecule has 2 atom stereocenters. The van der Waals surface area contributed by atoms with Crippen LogP contribution in [0.25, 0.3) is 0 Å². The summed E-state index contributed by atoms with van der Waals surface area (Å²) in [6.07, 6.45) is 0.186. The van der Waals surface area contributed by atoms with Crippen LogP contribution in [0, 0.1) is 0 Å². The molecule has 2 aromatic rings. The highest BCUT2D eigenvalue weighted by Crippen LogP contribution is 2.28. The van der Waals surface area contributed by atoms with E-state index in [0.717, 1.165) is 12.8 Å². The van der Waals surface area contributed by atoms with E-state index in [9.17, 15) is 34.2 Å². The van der Waals surface area contributed by atoms with Crippen LogP contribution in [0.2, 0.25) is 0 Å². The van der Waals surface area contributed by atoms with Crippen molar-refractivity contribution in [2.24, 2.45) is 0 Å². The molecule has 0 bridgehead atoms. The van der Waals surface area contributed by atoms with E-state index in [1.54, 1.807) is 32.9 Å². The van der Waals surface area contributed by atoms with Crippen molar-refractivity contribution in [1.82, 2.24) is 16.0 Å². The number of hydrogen-bond donors (Lipinski definition) is 5. The Bertz CT molecular complexity index is 1380. The van der Waals surface area contributed by atoms with Gasteiger partial charge >= 0.3 is 18.0 Å². The molecule has 2 aromatic carbocycles. The van der Waals surface area contributed by atoms with Crippen molar-refractivity contribution in [3.63, 3.8) is 0 Å². The Morgan fingerprint density at radius 2 is 1.67 bits per heavy atom. The van der Waals surface area contributed by atoms with E-state index in [1.807, 2.05) is 0 Å². The van der Waals surface area contributed by atoms with Crippen LogP contribution in [-0.2, 0) is 30.3 Å². The molecule has 3 amide bonds. The van der Waals surface area contributed by atoms with Gasteiger partial charge in [-0.3, -0.25) is 9.59 Å². The van der Waals surface area contributed by atoms with Crippen LogP contribution in [0.5, 0.6) is 17.2 Å². The molecule has 5 N–H and O–H groups in total. The van der Waals surface area contributed by atoms with Gasteiger partial charge in [-0.15, -0.1) is 0 Å². The van der Waals surface area contributed by atoms with Gasteiger partial charge in [0.1, 0.15) is 34.5 Å². The second-order valence-electron chi connectivity index (χ2n) is 11.7. The quantitative estimate of drug-likeness (QED) is 0.102. The fourth-order valence-corrected chi connectivity index (χ4v) is 4.15. The van der Waals surface area contributed by atoms with Gasteiger partial charge in [-0.05, 0) is 76.3 Å². The second-order valence-corrected chi connectivity index (χ2v) is 11.7. The summed E-state index contributed by atoms with van der Waals surface area (Å²) < 4.78 is 21.1. The largest absolute Gasteiger partial charge is 0.507 e. The third-order valence-corrected chi connectivity index (χ3v) is 6.53. The van der Waals surface area contributed by atoms with E-state index in [2.05, 4.69) is 16.0 Å². The average molecular weight is 644 g/mol. The first-order chi connectivity index (χ1) is 21.8. The van der Waals surface area contributed by atoms with Crippen LogP contribution in [0.1, 0.15) is 62.4 Å². The van der Waals surface area contributed by atoms with Gasteiger partial charge in [0.25, 0.3) is 12.0 Å². The maximum atomic E-state index is 13.1. The number of esters is 1. The highest BCUT2D eigenvalue weighted by molar-refractivity contribution is 6.00. The molecule has 0 unspecified atom stereocenters. The zero-order valence-electron chi connectivity index (χ0n) is 26.3. The summed E-state index contributed by atoms with van der Waals surface area (Å²) in [6, 6.07) is 9.56. The first-order valence-electron chi connectivity index (χ1n) is 14.9. The van der Waals surface area contributed by atoms with Crippen molar-refractivity contribution >= 4 is 29.8 Å². The minimum Gasteiger partial charge on any atom is -0.507 e. The number of amides is 3. The Hall–Kier alpha value is -5.01. The van der Waals surface area contributed by atoms with Gasteiger partial charge in [-0.2, -0.15) is 0 Å². The SMILES string of the molecule is COC(=O)c1c(O)cccc1OCCCCNC(=O)[C@H](Cc1ccc(O[C@@H](C(=O)O)C(=O)NC2CC2)cc1)NC(=O)OC(C)(C)C. The molecule has 0 spiro atoms. The third kappa shape index (κ3) is 11.5. The maximum absolute atomic E-state index is 13.1. The number of hydrogen-bond acceptors (Lipinski definition) is 10. The summed E-state index contributed by atoms with van der Waals surface area (Å²) in [6.45, 7) is 5.54. The Morgan fingerprint density at radius 3 is 2.28 bits per heavy atom. The number of phenolic OH excluding ortho intramolecular Hbond substituents is 1. The first kappa shape index (κ1) is 35.5. The molecule has 1 saturated carbocycles. The summed E-state index contributed by atoms with van der Waals surface area (Å²) in [4.78, 5) is 61.5. The molecule has 3 rings (SSSR count). The molecule has 0 aliphatic heterocycles. The Kier molecular flexibility index (Phi) is 12.6. The van der Waals surface area contributed by atoms with Crippen LogP contribution >= 0.6 is 0 Å². The number of carboxylic acids is 1. The highest BCUT2D eigenvalue weighted by atomic mass is 16.6. The molecule has 46 heavy (non-hydrogen) atoms. The van der Waals surface area contributed by atoms with E-state index < -0.39 is 47.6 Å². The van der Waals surface area contributed by atoms with Gasteiger partial charge in [-0.25, -0.2) is 14.4 Å². The Balaban J connectivity index is 1.56. The lowest BCUT2D eigenvalue weighted by Crippen LogP contribution is -2.49. The van der Waals surface area contributed by atoms with Gasteiger partial charge in [0.2, 0.25) is 5.91 Å². The van der Waals surface area contributed by atoms with Crippen molar-refractivity contribution in [1.29, 1.82) is 0 Å². The molecule has 0 radical (unpaired) electrons. The number of methoxy groups -OCH3 is 1. The number of benzene rings is 2. The van der Waals surface area contributed by atoms with Crippen LogP contribution in [0.3, 0.4) is 0 Å². The van der Waals surface area contributed by atoms with Crippen molar-refractivity contribution in [2.75, 3.05) is 20.3 Å². The molecule has 250 valence electrons. The number of rotatable bonds is 16. The van der Waals surface area contributed by atoms with E-state index in [0.29, 0.717) is 18.4 Å². The summed E-state index contributed by atoms with van der Waals surface area (Å²) >= 11 is 0. The number of phenols is 1. The molecule has 0 heterocycles. The smallest absolute Gasteiger partial charge is 0.408 e. The number of carboxylic acid groups (broad SMARTS) is 1. The fraction of sp³-hybridized carbons (Fsp3) is 0.469. The number of aliphatic carboxylic acids is 1. The molecule has 1 aliphatic carbocycles. The predicted octanol–water partition coefficient (Wildman–Crippen LogP) is 2.70. The standard InChI is InChI=1S/C32H41N3O11/c1-32(2,3)46-31(42)35-22(18-19-10-14-21(15-11-19)45-26(29(39)40)28(38)34-20-12-13-20)27(37)33-16-5-6-17-44-24-9-7-8-23(36)25(24)30(41)43-4/h7-11,14-15,20,22,26,36H,5-6,12-13,16-18H2,1-4H3,(H,33,37)(H,34,38)(H,35,42)(H,39,40)/t22-,26+/m0/s1. The van der Waals surface area contributed by atoms with Crippen molar-refractivity contribution in [3.8, 4) is 17.2 Å². The molecule has 0 saturated heterocycles. The number of unbranched alkanes of at least 4 members (excludes halogenated alkanes) is 1. The number of aromatic hydroxyl groups is 1. The molecule has 1 fully saturated rings. The summed E-state index contributed by atoms with van der Waals surface area (Å²) in [5.41, 5.74) is -0.242. The van der Waals surface area contributed by atoms with Gasteiger partial charge in [0, 0.05) is 19.0 Å². The van der Waals surface area contributed by atoms with Gasteiger partial charge in [-0.1, -0.05) is 18.2 Å². The number of carbonyl (C=O) groups excluding carboxylic acids is 4. The zero-order valence-corrected chi connectivity index (χ0v) is 26.3. The summed E-state index contributed by atoms with van der Waals surface area (Å²) in [5.74, 6) is -3.28. The summed E-state index contributed by atoms with van der Waals surface area (Å²) in [7, 11) is 1.20. The molecule has 1 aliphatic rings. The normalized spacial score (nSPS) is 13.8. The number of nitrogens with one attached hydrogen (secondary N) is 3. The van der Waals surface area contributed by atoms with Crippen molar-refractivity contribution in [3.05, 3.63) is 53.6 Å². The average Bonchev–Trinajstić information content (AvgIpc) is 3.80. The Morgan fingerprint density at radius 1 is 0.978 bits per heavy atom. The van der Waals surface area contributed by atoms with E-state index >= 15 is 0 Å². The van der Waals surface area contributed by atoms with Crippen LogP contribution < -0.4 is 25.4 Å². The monoisotopic (exact) mass is 643 g/mol. The third-order valence-electron chi connectivity index (χ3n) is 6.53. The first-order valence-corrected chi connectivity index (χ1v) is 14.9. The van der Waals surface area contributed by atoms with Crippen LogP contribution in [0.4, 0.5) is 4.79 Å². The van der Waals surface area contributed by atoms with Crippen molar-refractivity contribution < 1.29 is 53.1 Å². The lowest BCUT2D eigenvalue weighted by atomic mass is 10.0. The van der Waals surface area contributed by atoms with E-state index in [-0.39, 0.29) is 48.4 Å². The lowest BCUT2D eigenvalue weighted by molar-refractivity contribution is -0.151. The molecule has 14 nitrogen and oxygen atoms in total. The molecule has 0 aromatic heterocycles.